The van der Waals surface area contributed by atoms with Gasteiger partial charge in [0.15, 0.2) is 0 Å². The third-order valence-electron chi connectivity index (χ3n) is 10.1. The highest BCUT2D eigenvalue weighted by Crippen LogP contribution is 2.50. The molecule has 0 spiro atoms. The van der Waals surface area contributed by atoms with Crippen molar-refractivity contribution < 1.29 is 4.74 Å². The molecule has 9 rings (SSSR count). The second kappa shape index (κ2) is 11.6. The maximum atomic E-state index is 10.3. The second-order valence-corrected chi connectivity index (χ2v) is 13.5. The van der Waals surface area contributed by atoms with Crippen LogP contribution in [0.3, 0.4) is 0 Å². The third-order valence-corrected chi connectivity index (χ3v) is 10.1. The summed E-state index contributed by atoms with van der Waals surface area (Å²) in [7, 11) is 0. The van der Waals surface area contributed by atoms with E-state index in [1.807, 2.05) is 30.3 Å². The van der Waals surface area contributed by atoms with Crippen LogP contribution in [0.2, 0.25) is 0 Å². The molecule has 50 heavy (non-hydrogen) atoms. The molecular weight excluding hydrogens is 611 g/mol. The first-order valence-electron chi connectivity index (χ1n) is 16.9. The zero-order valence-electron chi connectivity index (χ0n) is 27.8. The Balaban J connectivity index is 1.04. The fraction of sp³-hybridized carbons (Fsp3) is 0.0870. The molecule has 0 saturated heterocycles. The summed E-state index contributed by atoms with van der Waals surface area (Å²) in [4.78, 5) is 4.98. The SMILES string of the molecule is CC1(C)c2ccccc2Oc2cc(-c3cccc(-c4ccc(C5[N-]C(c6ccc7ccccc7c6)=Nc6ccccc65)cc4)c3)cc(C#N)c21. The molecule has 7 aromatic rings. The van der Waals surface area contributed by atoms with Gasteiger partial charge in [-0.1, -0.05) is 141 Å². The highest BCUT2D eigenvalue weighted by atomic mass is 16.5. The van der Waals surface area contributed by atoms with Crippen LogP contribution in [0.1, 0.15) is 53.3 Å². The Morgan fingerprint density at radius 3 is 2.18 bits per heavy atom. The first kappa shape index (κ1) is 29.7. The van der Waals surface area contributed by atoms with E-state index < -0.39 is 0 Å². The quantitative estimate of drug-likeness (QED) is 0.192. The summed E-state index contributed by atoms with van der Waals surface area (Å²) in [6.45, 7) is 4.32. The summed E-state index contributed by atoms with van der Waals surface area (Å²) >= 11 is 0. The number of nitrogens with zero attached hydrogens (tertiary/aromatic N) is 3. The van der Waals surface area contributed by atoms with Crippen LogP contribution >= 0.6 is 0 Å². The van der Waals surface area contributed by atoms with E-state index in [2.05, 4.69) is 141 Å². The maximum Gasteiger partial charge on any atom is 0.133 e. The van der Waals surface area contributed by atoms with Crippen molar-refractivity contribution in [2.24, 2.45) is 4.99 Å². The van der Waals surface area contributed by atoms with Gasteiger partial charge in [-0.15, -0.1) is 0 Å². The minimum absolute atomic E-state index is 0.167. The molecular formula is C46H32N3O-. The zero-order valence-corrected chi connectivity index (χ0v) is 27.8. The van der Waals surface area contributed by atoms with Gasteiger partial charge >= 0.3 is 0 Å². The van der Waals surface area contributed by atoms with E-state index in [-0.39, 0.29) is 11.5 Å². The van der Waals surface area contributed by atoms with Crippen molar-refractivity contribution in [1.29, 1.82) is 5.26 Å². The minimum atomic E-state index is -0.357. The number of fused-ring (bicyclic) bond motifs is 4. The Bertz CT molecular complexity index is 2540. The number of nitriles is 1. The van der Waals surface area contributed by atoms with Gasteiger partial charge in [0.25, 0.3) is 0 Å². The van der Waals surface area contributed by atoms with Crippen molar-refractivity contribution in [1.82, 2.24) is 0 Å². The molecule has 4 heteroatoms. The van der Waals surface area contributed by atoms with Gasteiger partial charge in [0.2, 0.25) is 0 Å². The summed E-state index contributed by atoms with van der Waals surface area (Å²) < 4.78 is 6.41. The number of ether oxygens (including phenoxy) is 1. The van der Waals surface area contributed by atoms with Gasteiger partial charge in [-0.3, -0.25) is 0 Å². The Morgan fingerprint density at radius 1 is 0.620 bits per heavy atom. The molecule has 1 atom stereocenters. The Labute approximate surface area is 292 Å². The van der Waals surface area contributed by atoms with Crippen molar-refractivity contribution in [2.75, 3.05) is 0 Å². The molecule has 0 bridgehead atoms. The number of hydrogen-bond donors (Lipinski definition) is 0. The lowest BCUT2D eigenvalue weighted by Gasteiger charge is -2.36. The summed E-state index contributed by atoms with van der Waals surface area (Å²) in [5, 5.41) is 17.9. The van der Waals surface area contributed by atoms with E-state index >= 15 is 0 Å². The molecule has 2 aliphatic rings. The number of para-hydroxylation sites is 2. The van der Waals surface area contributed by atoms with E-state index in [1.165, 1.54) is 10.8 Å². The fourth-order valence-electron chi connectivity index (χ4n) is 7.53. The molecule has 238 valence electrons. The molecule has 7 aromatic carbocycles. The van der Waals surface area contributed by atoms with Gasteiger partial charge in [0.05, 0.1) is 11.6 Å². The summed E-state index contributed by atoms with van der Waals surface area (Å²) in [6.07, 6.45) is 0. The lowest BCUT2D eigenvalue weighted by Crippen LogP contribution is -2.25. The molecule has 0 amide bonds. The highest BCUT2D eigenvalue weighted by Gasteiger charge is 2.36. The number of amidine groups is 1. The summed E-state index contributed by atoms with van der Waals surface area (Å²) in [6, 6.07) is 54.7. The molecule has 2 aliphatic heterocycles. The molecule has 0 radical (unpaired) electrons. The average molecular weight is 643 g/mol. The summed E-state index contributed by atoms with van der Waals surface area (Å²) in [5.41, 5.74) is 10.6. The van der Waals surface area contributed by atoms with Gasteiger partial charge in [-0.05, 0) is 85.7 Å². The number of rotatable bonds is 4. The van der Waals surface area contributed by atoms with E-state index in [9.17, 15) is 5.26 Å². The van der Waals surface area contributed by atoms with Crippen LogP contribution in [-0.2, 0) is 5.41 Å². The zero-order chi connectivity index (χ0) is 33.8. The van der Waals surface area contributed by atoms with Gasteiger partial charge in [0.1, 0.15) is 11.5 Å². The van der Waals surface area contributed by atoms with Crippen LogP contribution < -0.4 is 4.74 Å². The van der Waals surface area contributed by atoms with Crippen molar-refractivity contribution in [2.45, 2.75) is 25.3 Å². The van der Waals surface area contributed by atoms with E-state index in [4.69, 9.17) is 15.0 Å². The van der Waals surface area contributed by atoms with Gasteiger partial charge < -0.3 is 15.0 Å². The first-order chi connectivity index (χ1) is 24.5. The molecule has 4 nitrogen and oxygen atoms in total. The van der Waals surface area contributed by atoms with Crippen LogP contribution in [0.4, 0.5) is 5.69 Å². The van der Waals surface area contributed by atoms with Gasteiger partial charge in [-0.2, -0.15) is 5.26 Å². The smallest absolute Gasteiger partial charge is 0.133 e. The Morgan fingerprint density at radius 2 is 1.34 bits per heavy atom. The van der Waals surface area contributed by atoms with Gasteiger partial charge in [0, 0.05) is 22.6 Å². The molecule has 1 unspecified atom stereocenters. The summed E-state index contributed by atoms with van der Waals surface area (Å²) in [5.74, 6) is 2.32. The standard InChI is InChI=1S/C46H32N3O/c1-46(2)39-15-6-8-17-41(39)50-42-27-36(26-37(28-47)43(42)46)34-13-9-12-33(24-34)30-18-21-31(22-19-30)44-38-14-5-7-16-40(38)48-45(49-44)35-23-20-29-10-3-4-11-32(29)25-35/h3-27,44H,1-2H3/q-1. The molecule has 0 aromatic heterocycles. The maximum absolute atomic E-state index is 10.3. The average Bonchev–Trinajstić information content (AvgIpc) is 3.17. The molecule has 0 saturated carbocycles. The van der Waals surface area contributed by atoms with Crippen LogP contribution in [0.5, 0.6) is 11.5 Å². The number of hydrogen-bond acceptors (Lipinski definition) is 3. The van der Waals surface area contributed by atoms with E-state index in [0.717, 1.165) is 73.1 Å². The number of benzene rings is 7. The van der Waals surface area contributed by atoms with Gasteiger partial charge in [-0.25, -0.2) is 0 Å². The minimum Gasteiger partial charge on any atom is -0.457 e. The molecule has 0 fully saturated rings. The highest BCUT2D eigenvalue weighted by molar-refractivity contribution is 6.13. The van der Waals surface area contributed by atoms with E-state index in [1.54, 1.807) is 0 Å². The largest absolute Gasteiger partial charge is 0.457 e. The predicted molar refractivity (Wildman–Crippen MR) is 202 cm³/mol. The lowest BCUT2D eigenvalue weighted by atomic mass is 9.73. The molecule has 0 aliphatic carbocycles. The fourth-order valence-corrected chi connectivity index (χ4v) is 7.53. The van der Waals surface area contributed by atoms with Crippen molar-refractivity contribution in [3.8, 4) is 39.8 Å². The first-order valence-corrected chi connectivity index (χ1v) is 16.9. The van der Waals surface area contributed by atoms with E-state index in [0.29, 0.717) is 5.56 Å². The Kier molecular flexibility index (Phi) is 6.89. The van der Waals surface area contributed by atoms with Crippen LogP contribution in [0.15, 0.2) is 157 Å². The van der Waals surface area contributed by atoms with Crippen molar-refractivity contribution in [3.63, 3.8) is 0 Å². The Hall–Kier alpha value is -6.44. The van der Waals surface area contributed by atoms with Crippen LogP contribution in [0.25, 0.3) is 38.3 Å². The molecule has 0 N–H and O–H groups in total. The number of aliphatic imine (C=N–C) groups is 1. The van der Waals surface area contributed by atoms with Crippen LogP contribution in [0, 0.1) is 11.3 Å². The third kappa shape index (κ3) is 4.95. The monoisotopic (exact) mass is 642 g/mol. The normalized spacial score (nSPS) is 15.4. The lowest BCUT2D eigenvalue weighted by molar-refractivity contribution is 0.417. The predicted octanol–water partition coefficient (Wildman–Crippen LogP) is 12.0. The van der Waals surface area contributed by atoms with Crippen molar-refractivity contribution in [3.05, 3.63) is 190 Å². The van der Waals surface area contributed by atoms with Crippen LogP contribution in [-0.4, -0.2) is 5.84 Å². The topological polar surface area (TPSA) is 59.5 Å². The van der Waals surface area contributed by atoms with Crippen molar-refractivity contribution >= 4 is 22.3 Å². The second-order valence-electron chi connectivity index (χ2n) is 13.5. The molecule has 2 heterocycles.